The lowest BCUT2D eigenvalue weighted by atomic mass is 10.2. The van der Waals surface area contributed by atoms with Crippen molar-refractivity contribution in [3.63, 3.8) is 0 Å². The smallest absolute Gasteiger partial charge is 0.238 e. The molecule has 1 aromatic carbocycles. The summed E-state index contributed by atoms with van der Waals surface area (Å²) in [5.41, 5.74) is 7.16. The second kappa shape index (κ2) is 6.17. The highest BCUT2D eigenvalue weighted by Crippen LogP contribution is 2.14. The highest BCUT2D eigenvalue weighted by molar-refractivity contribution is 7.89. The Morgan fingerprint density at radius 1 is 1.24 bits per heavy atom. The van der Waals surface area contributed by atoms with Gasteiger partial charge < -0.3 is 11.1 Å². The van der Waals surface area contributed by atoms with Crippen LogP contribution in [0, 0.1) is 0 Å². The number of primary sulfonamides is 1. The molecule has 2 rings (SSSR count). The lowest BCUT2D eigenvalue weighted by molar-refractivity contribution is 0.598. The van der Waals surface area contributed by atoms with Gasteiger partial charge >= 0.3 is 0 Å². The first kappa shape index (κ1) is 15.4. The Labute approximate surface area is 128 Å². The van der Waals surface area contributed by atoms with Gasteiger partial charge in [0.25, 0.3) is 0 Å². The van der Waals surface area contributed by atoms with Gasteiger partial charge in [0, 0.05) is 12.7 Å². The zero-order valence-corrected chi connectivity index (χ0v) is 12.6. The molecule has 6 nitrogen and oxygen atoms in total. The minimum absolute atomic E-state index is 0.0768. The maximum absolute atomic E-state index is 11.2. The molecule has 0 aliphatic rings. The molecule has 0 amide bonds. The molecule has 0 bridgehead atoms. The van der Waals surface area contributed by atoms with Crippen LogP contribution in [-0.2, 0) is 16.6 Å². The number of nitrogens with one attached hydrogen (secondary N) is 1. The van der Waals surface area contributed by atoms with Gasteiger partial charge in [-0.15, -0.1) is 0 Å². The Hall–Kier alpha value is -2.03. The minimum Gasteiger partial charge on any atom is -0.389 e. The molecule has 2 aromatic rings. The van der Waals surface area contributed by atoms with Crippen molar-refractivity contribution in [2.45, 2.75) is 11.4 Å². The van der Waals surface area contributed by atoms with Crippen molar-refractivity contribution in [3.8, 4) is 0 Å². The van der Waals surface area contributed by atoms with E-state index in [4.69, 9.17) is 23.1 Å². The van der Waals surface area contributed by atoms with Gasteiger partial charge in [0.15, 0.2) is 0 Å². The number of pyridine rings is 1. The predicted octanol–water partition coefficient (Wildman–Crippen LogP) is 0.975. The van der Waals surface area contributed by atoms with E-state index in [-0.39, 0.29) is 9.88 Å². The van der Waals surface area contributed by atoms with Crippen molar-refractivity contribution in [3.05, 3.63) is 53.7 Å². The summed E-state index contributed by atoms with van der Waals surface area (Å²) in [6.07, 6.45) is 1.63. The average molecular weight is 322 g/mol. The van der Waals surface area contributed by atoms with Gasteiger partial charge in [-0.2, -0.15) is 0 Å². The first-order chi connectivity index (χ1) is 9.88. The Morgan fingerprint density at radius 2 is 1.90 bits per heavy atom. The average Bonchev–Trinajstić information content (AvgIpc) is 2.45. The van der Waals surface area contributed by atoms with Gasteiger partial charge in [-0.25, -0.2) is 18.5 Å². The molecule has 8 heteroatoms. The van der Waals surface area contributed by atoms with Crippen LogP contribution in [0.2, 0.25) is 0 Å². The van der Waals surface area contributed by atoms with Gasteiger partial charge in [-0.1, -0.05) is 24.4 Å². The molecule has 0 fully saturated rings. The maximum Gasteiger partial charge on any atom is 0.238 e. The Bertz CT molecular complexity index is 758. The summed E-state index contributed by atoms with van der Waals surface area (Å²) in [6.45, 7) is 0.456. The van der Waals surface area contributed by atoms with Crippen LogP contribution in [0.3, 0.4) is 0 Å². The van der Waals surface area contributed by atoms with Crippen molar-refractivity contribution in [2.75, 3.05) is 5.32 Å². The Kier molecular flexibility index (Phi) is 4.51. The van der Waals surface area contributed by atoms with Crippen LogP contribution >= 0.6 is 12.2 Å². The molecule has 1 heterocycles. The number of nitrogens with two attached hydrogens (primary N) is 2. The first-order valence-electron chi connectivity index (χ1n) is 5.98. The van der Waals surface area contributed by atoms with Crippen LogP contribution in [0.4, 0.5) is 5.82 Å². The number of thiocarbonyl (C=S) groups is 1. The predicted molar refractivity (Wildman–Crippen MR) is 85.3 cm³/mol. The summed E-state index contributed by atoms with van der Waals surface area (Å²) in [4.78, 5) is 4.51. The number of anilines is 1. The fourth-order valence-corrected chi connectivity index (χ4v) is 2.41. The molecule has 0 saturated carbocycles. The van der Waals surface area contributed by atoms with Crippen molar-refractivity contribution >= 4 is 33.0 Å². The largest absolute Gasteiger partial charge is 0.389 e. The third-order valence-corrected chi connectivity index (χ3v) is 3.93. The van der Waals surface area contributed by atoms with Crippen LogP contribution in [0.15, 0.2) is 47.5 Å². The molecule has 5 N–H and O–H groups in total. The summed E-state index contributed by atoms with van der Waals surface area (Å²) in [6, 6.07) is 9.80. The minimum atomic E-state index is -3.67. The van der Waals surface area contributed by atoms with Gasteiger partial charge in [0.2, 0.25) is 10.0 Å². The molecule has 110 valence electrons. The van der Waals surface area contributed by atoms with Gasteiger partial charge in [-0.3, -0.25) is 0 Å². The molecule has 21 heavy (non-hydrogen) atoms. The topological polar surface area (TPSA) is 111 Å². The van der Waals surface area contributed by atoms with Crippen LogP contribution in [-0.4, -0.2) is 18.4 Å². The van der Waals surface area contributed by atoms with E-state index in [2.05, 4.69) is 10.3 Å². The molecular formula is C13H14N4O2S2. The highest BCUT2D eigenvalue weighted by Gasteiger charge is 2.08. The number of aromatic nitrogens is 1. The number of hydrogen-bond acceptors (Lipinski definition) is 5. The zero-order valence-electron chi connectivity index (χ0n) is 11.0. The first-order valence-corrected chi connectivity index (χ1v) is 7.94. The van der Waals surface area contributed by atoms with E-state index in [1.54, 1.807) is 30.5 Å². The monoisotopic (exact) mass is 322 g/mol. The fourth-order valence-electron chi connectivity index (χ4n) is 1.73. The van der Waals surface area contributed by atoms with E-state index in [1.807, 2.05) is 0 Å². The molecule has 0 radical (unpaired) electrons. The summed E-state index contributed by atoms with van der Waals surface area (Å²) in [5, 5.41) is 8.15. The molecule has 0 unspecified atom stereocenters. The summed E-state index contributed by atoms with van der Waals surface area (Å²) in [7, 11) is -3.67. The SMILES string of the molecule is NC(=S)c1cccnc1NCc1ccc(S(N)(=O)=O)cc1. The summed E-state index contributed by atoms with van der Waals surface area (Å²) < 4.78 is 22.3. The second-order valence-electron chi connectivity index (χ2n) is 4.31. The summed E-state index contributed by atoms with van der Waals surface area (Å²) >= 11 is 4.96. The molecular weight excluding hydrogens is 308 g/mol. The third-order valence-electron chi connectivity index (χ3n) is 2.79. The zero-order chi connectivity index (χ0) is 15.5. The number of rotatable bonds is 5. The molecule has 0 spiro atoms. The molecule has 0 aliphatic carbocycles. The van der Waals surface area contributed by atoms with Crippen molar-refractivity contribution in [2.24, 2.45) is 10.9 Å². The molecule has 1 aromatic heterocycles. The molecule has 0 aliphatic heterocycles. The number of benzene rings is 1. The summed E-state index contributed by atoms with van der Waals surface area (Å²) in [5.74, 6) is 0.584. The van der Waals surface area contributed by atoms with Gasteiger partial charge in [0.1, 0.15) is 10.8 Å². The van der Waals surface area contributed by atoms with Crippen molar-refractivity contribution in [1.82, 2.24) is 4.98 Å². The lowest BCUT2D eigenvalue weighted by Crippen LogP contribution is -2.14. The van der Waals surface area contributed by atoms with E-state index < -0.39 is 10.0 Å². The number of hydrogen-bond donors (Lipinski definition) is 3. The van der Waals surface area contributed by atoms with Crippen molar-refractivity contribution < 1.29 is 8.42 Å². The van der Waals surface area contributed by atoms with E-state index in [0.717, 1.165) is 5.56 Å². The standard InChI is InChI=1S/C13H14N4O2S2/c14-12(20)11-2-1-7-16-13(11)17-8-9-3-5-10(6-4-9)21(15,18)19/h1-7H,8H2,(H2,14,20)(H,16,17)(H2,15,18,19). The fraction of sp³-hybridized carbons (Fsp3) is 0.0769. The van der Waals surface area contributed by atoms with Crippen LogP contribution in [0.1, 0.15) is 11.1 Å². The van der Waals surface area contributed by atoms with Crippen LogP contribution in [0.5, 0.6) is 0 Å². The van der Waals surface area contributed by atoms with Crippen LogP contribution in [0.25, 0.3) is 0 Å². The second-order valence-corrected chi connectivity index (χ2v) is 6.31. The van der Waals surface area contributed by atoms with E-state index in [1.165, 1.54) is 12.1 Å². The van der Waals surface area contributed by atoms with Crippen LogP contribution < -0.4 is 16.2 Å². The van der Waals surface area contributed by atoms with E-state index in [0.29, 0.717) is 17.9 Å². The Balaban J connectivity index is 2.12. The van der Waals surface area contributed by atoms with Crippen molar-refractivity contribution in [1.29, 1.82) is 0 Å². The van der Waals surface area contributed by atoms with Gasteiger partial charge in [0.05, 0.1) is 10.5 Å². The molecule has 0 saturated heterocycles. The Morgan fingerprint density at radius 3 is 2.48 bits per heavy atom. The third kappa shape index (κ3) is 3.97. The quantitative estimate of drug-likeness (QED) is 0.708. The van der Waals surface area contributed by atoms with Gasteiger partial charge in [-0.05, 0) is 29.8 Å². The lowest BCUT2D eigenvalue weighted by Gasteiger charge is -2.10. The normalized spacial score (nSPS) is 11.1. The maximum atomic E-state index is 11.2. The number of nitrogens with zero attached hydrogens (tertiary/aromatic N) is 1. The van der Waals surface area contributed by atoms with E-state index >= 15 is 0 Å². The highest BCUT2D eigenvalue weighted by atomic mass is 32.2. The molecule has 0 atom stereocenters. The number of sulfonamides is 1. The van der Waals surface area contributed by atoms with E-state index in [9.17, 15) is 8.42 Å².